The van der Waals surface area contributed by atoms with Crippen molar-refractivity contribution in [2.24, 2.45) is 0 Å². The molecule has 0 aliphatic rings. The first-order chi connectivity index (χ1) is 8.24. The van der Waals surface area contributed by atoms with Gasteiger partial charge in [0.15, 0.2) is 0 Å². The number of aryl methyl sites for hydroxylation is 1. The Hall–Kier alpha value is -0.350. The van der Waals surface area contributed by atoms with E-state index in [4.69, 9.17) is 4.74 Å². The molecule has 0 aliphatic carbocycles. The van der Waals surface area contributed by atoms with E-state index in [1.54, 1.807) is 11.3 Å². The van der Waals surface area contributed by atoms with Crippen molar-refractivity contribution in [3.63, 3.8) is 0 Å². The summed E-state index contributed by atoms with van der Waals surface area (Å²) in [5.41, 5.74) is 1.40. The van der Waals surface area contributed by atoms with E-state index in [0.29, 0.717) is 13.0 Å². The molecule has 0 fully saturated rings. The van der Waals surface area contributed by atoms with E-state index < -0.39 is 0 Å². The van der Waals surface area contributed by atoms with Crippen molar-refractivity contribution in [1.29, 1.82) is 0 Å². The zero-order valence-electron chi connectivity index (χ0n) is 10.2. The van der Waals surface area contributed by atoms with Crippen molar-refractivity contribution < 1.29 is 9.53 Å². The number of ether oxygens (including phenoxy) is 1. The van der Waals surface area contributed by atoms with Crippen LogP contribution in [0.3, 0.4) is 0 Å². The average Bonchev–Trinajstić information content (AvgIpc) is 2.70. The molecule has 0 atom stereocenters. The SMILES string of the molecule is CCOC(=O)CCCCCCc1ccsc1Br. The Balaban J connectivity index is 1.98. The molecule has 1 rings (SSSR count). The average molecular weight is 319 g/mol. The molecule has 0 spiro atoms. The van der Waals surface area contributed by atoms with Crippen LogP contribution in [0.1, 0.15) is 44.6 Å². The molecule has 17 heavy (non-hydrogen) atoms. The molecule has 0 bridgehead atoms. The van der Waals surface area contributed by atoms with Crippen LogP contribution in [0.25, 0.3) is 0 Å². The Labute approximate surface area is 115 Å². The molecule has 1 heterocycles. The summed E-state index contributed by atoms with van der Waals surface area (Å²) >= 11 is 5.28. The largest absolute Gasteiger partial charge is 0.466 e. The molecule has 0 amide bonds. The summed E-state index contributed by atoms with van der Waals surface area (Å²) < 4.78 is 6.13. The highest BCUT2D eigenvalue weighted by atomic mass is 79.9. The van der Waals surface area contributed by atoms with Gasteiger partial charge in [0.2, 0.25) is 0 Å². The van der Waals surface area contributed by atoms with Gasteiger partial charge in [-0.3, -0.25) is 4.79 Å². The number of carbonyl (C=O) groups excluding carboxylic acids is 1. The van der Waals surface area contributed by atoms with E-state index in [2.05, 4.69) is 27.4 Å². The first-order valence-corrected chi connectivity index (χ1v) is 7.78. The van der Waals surface area contributed by atoms with Gasteiger partial charge in [-0.05, 0) is 59.1 Å². The van der Waals surface area contributed by atoms with E-state index in [1.165, 1.54) is 22.2 Å². The second-order valence-electron chi connectivity index (χ2n) is 3.94. The first kappa shape index (κ1) is 14.7. The molecule has 0 radical (unpaired) electrons. The third kappa shape index (κ3) is 6.22. The maximum absolute atomic E-state index is 11.1. The molecule has 0 aromatic carbocycles. The van der Waals surface area contributed by atoms with Crippen LogP contribution in [0.5, 0.6) is 0 Å². The van der Waals surface area contributed by atoms with Crippen LogP contribution in [0.4, 0.5) is 0 Å². The van der Waals surface area contributed by atoms with Crippen LogP contribution < -0.4 is 0 Å². The van der Waals surface area contributed by atoms with Gasteiger partial charge < -0.3 is 4.74 Å². The molecule has 4 heteroatoms. The highest BCUT2D eigenvalue weighted by Gasteiger charge is 2.02. The molecule has 1 aromatic heterocycles. The third-order valence-corrected chi connectivity index (χ3v) is 4.39. The Morgan fingerprint density at radius 2 is 2.12 bits per heavy atom. The molecule has 2 nitrogen and oxygen atoms in total. The Morgan fingerprint density at radius 1 is 1.35 bits per heavy atom. The van der Waals surface area contributed by atoms with Crippen LogP contribution in [0.15, 0.2) is 15.2 Å². The van der Waals surface area contributed by atoms with Crippen molar-refractivity contribution in [1.82, 2.24) is 0 Å². The smallest absolute Gasteiger partial charge is 0.305 e. The lowest BCUT2D eigenvalue weighted by Gasteiger charge is -2.02. The van der Waals surface area contributed by atoms with E-state index in [1.807, 2.05) is 6.92 Å². The van der Waals surface area contributed by atoms with Gasteiger partial charge in [-0.15, -0.1) is 11.3 Å². The van der Waals surface area contributed by atoms with E-state index in [9.17, 15) is 4.79 Å². The summed E-state index contributed by atoms with van der Waals surface area (Å²) in [6.45, 7) is 2.33. The summed E-state index contributed by atoms with van der Waals surface area (Å²) in [6.07, 6.45) is 6.13. The molecular weight excluding hydrogens is 300 g/mol. The van der Waals surface area contributed by atoms with Gasteiger partial charge in [0.05, 0.1) is 10.4 Å². The van der Waals surface area contributed by atoms with Gasteiger partial charge in [0.25, 0.3) is 0 Å². The molecule has 0 unspecified atom stereocenters. The van der Waals surface area contributed by atoms with Crippen molar-refractivity contribution >= 4 is 33.2 Å². The Kier molecular flexibility index (Phi) is 7.53. The van der Waals surface area contributed by atoms with Crippen molar-refractivity contribution in [3.05, 3.63) is 20.8 Å². The van der Waals surface area contributed by atoms with Crippen molar-refractivity contribution in [2.45, 2.75) is 45.4 Å². The summed E-state index contributed by atoms with van der Waals surface area (Å²) in [5.74, 6) is -0.0620. The number of hydrogen-bond acceptors (Lipinski definition) is 3. The molecule has 0 aliphatic heterocycles. The highest BCUT2D eigenvalue weighted by Crippen LogP contribution is 2.25. The van der Waals surface area contributed by atoms with Gasteiger partial charge in [0, 0.05) is 6.42 Å². The first-order valence-electron chi connectivity index (χ1n) is 6.11. The molecular formula is C13H19BrO2S. The van der Waals surface area contributed by atoms with Gasteiger partial charge in [-0.2, -0.15) is 0 Å². The lowest BCUT2D eigenvalue weighted by atomic mass is 10.1. The normalized spacial score (nSPS) is 10.5. The number of unbranched alkanes of at least 4 members (excludes halogenated alkanes) is 3. The lowest BCUT2D eigenvalue weighted by Crippen LogP contribution is -2.03. The molecule has 0 saturated heterocycles. The number of carbonyl (C=O) groups is 1. The number of thiophene rings is 1. The van der Waals surface area contributed by atoms with Gasteiger partial charge in [-0.1, -0.05) is 12.8 Å². The van der Waals surface area contributed by atoms with Gasteiger partial charge in [-0.25, -0.2) is 0 Å². The number of esters is 1. The summed E-state index contributed by atoms with van der Waals surface area (Å²) in [5, 5.41) is 2.11. The third-order valence-electron chi connectivity index (χ3n) is 2.58. The minimum Gasteiger partial charge on any atom is -0.466 e. The van der Waals surface area contributed by atoms with Crippen LogP contribution in [0, 0.1) is 0 Å². The van der Waals surface area contributed by atoms with E-state index in [-0.39, 0.29) is 5.97 Å². The number of rotatable bonds is 8. The number of hydrogen-bond donors (Lipinski definition) is 0. The standard InChI is InChI=1S/C13H19BrO2S/c1-2-16-12(15)8-6-4-3-5-7-11-9-10-17-13(11)14/h9-10H,2-8H2,1H3. The Morgan fingerprint density at radius 3 is 2.76 bits per heavy atom. The van der Waals surface area contributed by atoms with Crippen LogP contribution in [-0.4, -0.2) is 12.6 Å². The minimum absolute atomic E-state index is 0.0620. The predicted octanol–water partition coefficient (Wildman–Crippen LogP) is 4.57. The second-order valence-corrected chi connectivity index (χ2v) is 6.17. The fraction of sp³-hybridized carbons (Fsp3) is 0.615. The lowest BCUT2D eigenvalue weighted by molar-refractivity contribution is -0.143. The van der Waals surface area contributed by atoms with E-state index in [0.717, 1.165) is 19.3 Å². The van der Waals surface area contributed by atoms with Crippen molar-refractivity contribution in [2.75, 3.05) is 6.61 Å². The summed E-state index contributed by atoms with van der Waals surface area (Å²) in [7, 11) is 0. The maximum Gasteiger partial charge on any atom is 0.305 e. The molecule has 1 aromatic rings. The fourth-order valence-electron chi connectivity index (χ4n) is 1.67. The second kappa shape index (κ2) is 8.70. The Bertz CT molecular complexity index is 336. The highest BCUT2D eigenvalue weighted by molar-refractivity contribution is 9.11. The maximum atomic E-state index is 11.1. The summed E-state index contributed by atoms with van der Waals surface area (Å²) in [4.78, 5) is 11.1. The molecule has 96 valence electrons. The van der Waals surface area contributed by atoms with Crippen LogP contribution in [-0.2, 0) is 16.0 Å². The van der Waals surface area contributed by atoms with Crippen LogP contribution in [0.2, 0.25) is 0 Å². The van der Waals surface area contributed by atoms with E-state index >= 15 is 0 Å². The predicted molar refractivity (Wildman–Crippen MR) is 75.4 cm³/mol. The number of halogens is 1. The topological polar surface area (TPSA) is 26.3 Å². The molecule has 0 N–H and O–H groups in total. The molecule has 0 saturated carbocycles. The minimum atomic E-state index is -0.0620. The van der Waals surface area contributed by atoms with Gasteiger partial charge in [0.1, 0.15) is 0 Å². The van der Waals surface area contributed by atoms with Gasteiger partial charge >= 0.3 is 5.97 Å². The summed E-state index contributed by atoms with van der Waals surface area (Å²) in [6, 6.07) is 2.17. The fourth-order valence-corrected chi connectivity index (χ4v) is 3.00. The monoisotopic (exact) mass is 318 g/mol. The zero-order chi connectivity index (χ0) is 12.5. The zero-order valence-corrected chi connectivity index (χ0v) is 12.6. The quantitative estimate of drug-likeness (QED) is 0.518. The van der Waals surface area contributed by atoms with Crippen LogP contribution >= 0.6 is 27.3 Å². The van der Waals surface area contributed by atoms with Crippen molar-refractivity contribution in [3.8, 4) is 0 Å².